The molecule has 19 unspecified atom stereocenters. The lowest BCUT2D eigenvalue weighted by atomic mass is 9.48. The van der Waals surface area contributed by atoms with Crippen LogP contribution in [0.5, 0.6) is 0 Å². The smallest absolute Gasteiger partial charge is 0.0133 e. The molecule has 0 aromatic heterocycles. The predicted octanol–water partition coefficient (Wildman–Crippen LogP) is 14.4. The Labute approximate surface area is 382 Å². The number of nitrogens with one attached hydrogen (secondary N) is 1. The van der Waals surface area contributed by atoms with Crippen molar-refractivity contribution >= 4 is 0 Å². The SMILES string of the molecule is C1CCC(C2CC(N3C4CCCCC4C4CC(C5CCC6C(C5)C5CCCCC5N6C5CCC6C7CCCCC7C7CCCCC7C6C5)CCC43)CC(C3CCCCC3)N2)CC1. The summed E-state index contributed by atoms with van der Waals surface area (Å²) in [4.78, 5) is 6.85. The third-order valence-corrected chi connectivity index (χ3v) is 24.8. The molecule has 0 radical (unpaired) electrons. The molecule has 13 fully saturated rings. The average molecular weight is 848 g/mol. The first kappa shape index (κ1) is 42.0. The van der Waals surface area contributed by atoms with Crippen LogP contribution in [-0.2, 0) is 0 Å². The topological polar surface area (TPSA) is 18.5 Å². The summed E-state index contributed by atoms with van der Waals surface area (Å²) in [6.45, 7) is 0. The van der Waals surface area contributed by atoms with Crippen LogP contribution >= 0.6 is 0 Å². The second kappa shape index (κ2) is 18.1. The number of fused-ring (bicyclic) bond motifs is 12. The average Bonchev–Trinajstić information content (AvgIpc) is 3.86. The standard InChI is InChI=1S/C59H97N3/c1-3-15-38(16-4-1)54-36-43(37-55(60-54)39-17-5-2-6-18-39)62-57-26-14-12-24-50(57)53-34-41(28-32-59(53)62)40-27-31-58-52(33-40)49-23-11-13-25-56(49)61(58)42-29-30-48-46-21-8-7-19-44(46)45-20-9-10-22-47(45)51(48)35-42/h38-60H,1-37H2. The maximum Gasteiger partial charge on any atom is 0.0133 e. The highest BCUT2D eigenvalue weighted by molar-refractivity contribution is 5.12. The number of hydrogen-bond donors (Lipinski definition) is 1. The number of likely N-dealkylation sites (tertiary alicyclic amines) is 2. The van der Waals surface area contributed by atoms with Crippen LogP contribution in [0.3, 0.4) is 0 Å². The van der Waals surface area contributed by atoms with Gasteiger partial charge in [0.05, 0.1) is 0 Å². The van der Waals surface area contributed by atoms with Gasteiger partial charge in [0.15, 0.2) is 0 Å². The normalized spacial score (nSPS) is 53.0. The highest BCUT2D eigenvalue weighted by atomic mass is 15.3. The molecule has 0 aromatic rings. The minimum absolute atomic E-state index is 0.814. The molecular formula is C59H97N3. The first-order chi connectivity index (χ1) is 30.7. The highest BCUT2D eigenvalue weighted by Gasteiger charge is 2.59. The number of rotatable bonds is 5. The van der Waals surface area contributed by atoms with Gasteiger partial charge in [0.2, 0.25) is 0 Å². The van der Waals surface area contributed by atoms with E-state index in [1.165, 1.54) is 83.5 Å². The van der Waals surface area contributed by atoms with Gasteiger partial charge in [0.25, 0.3) is 0 Å². The molecule has 13 aliphatic rings. The van der Waals surface area contributed by atoms with Crippen molar-refractivity contribution in [3.8, 4) is 0 Å². The van der Waals surface area contributed by atoms with E-state index in [0.717, 1.165) is 131 Å². The van der Waals surface area contributed by atoms with Crippen molar-refractivity contribution in [3.05, 3.63) is 0 Å². The Morgan fingerprint density at radius 2 is 0.613 bits per heavy atom. The van der Waals surface area contributed by atoms with Gasteiger partial charge in [0.1, 0.15) is 0 Å². The first-order valence-electron chi connectivity index (χ1n) is 30.1. The highest BCUT2D eigenvalue weighted by Crippen LogP contribution is 2.63. The molecule has 3 heteroatoms. The molecule has 10 saturated carbocycles. The van der Waals surface area contributed by atoms with E-state index in [4.69, 9.17) is 0 Å². The molecule has 19 atom stereocenters. The van der Waals surface area contributed by atoms with Gasteiger partial charge < -0.3 is 5.32 Å². The third kappa shape index (κ3) is 7.45. The summed E-state index contributed by atoms with van der Waals surface area (Å²) in [5.41, 5.74) is 0. The van der Waals surface area contributed by atoms with E-state index in [9.17, 15) is 0 Å². The summed E-state index contributed by atoms with van der Waals surface area (Å²) in [5.74, 6) is 14.9. The lowest BCUT2D eigenvalue weighted by molar-refractivity contribution is -0.0986. The fourth-order valence-electron chi connectivity index (χ4n) is 22.6. The van der Waals surface area contributed by atoms with E-state index in [2.05, 4.69) is 15.1 Å². The van der Waals surface area contributed by atoms with E-state index in [1.807, 2.05) is 0 Å². The van der Waals surface area contributed by atoms with Gasteiger partial charge in [-0.1, -0.05) is 89.9 Å². The van der Waals surface area contributed by atoms with Crippen molar-refractivity contribution in [2.24, 2.45) is 82.9 Å². The summed E-state index contributed by atoms with van der Waals surface area (Å²) in [5, 5.41) is 4.51. The molecule has 0 spiro atoms. The van der Waals surface area contributed by atoms with Gasteiger partial charge in [-0.05, 0) is 231 Å². The van der Waals surface area contributed by atoms with Crippen LogP contribution in [0.1, 0.15) is 238 Å². The monoisotopic (exact) mass is 848 g/mol. The lowest BCUT2D eigenvalue weighted by Gasteiger charge is -2.59. The number of hydrogen-bond acceptors (Lipinski definition) is 3. The maximum absolute atomic E-state index is 4.51. The fourth-order valence-corrected chi connectivity index (χ4v) is 22.6. The van der Waals surface area contributed by atoms with E-state index in [-0.39, 0.29) is 0 Å². The van der Waals surface area contributed by atoms with Gasteiger partial charge in [-0.25, -0.2) is 0 Å². The van der Waals surface area contributed by atoms with Crippen LogP contribution in [0.2, 0.25) is 0 Å². The van der Waals surface area contributed by atoms with Crippen LogP contribution in [-0.4, -0.2) is 58.1 Å². The molecule has 3 nitrogen and oxygen atoms in total. The first-order valence-corrected chi connectivity index (χ1v) is 30.1. The largest absolute Gasteiger partial charge is 0.311 e. The van der Waals surface area contributed by atoms with Crippen LogP contribution in [0.4, 0.5) is 0 Å². The second-order valence-electron chi connectivity index (χ2n) is 26.9. The molecule has 10 aliphatic carbocycles. The number of piperidine rings is 1. The molecule has 348 valence electrons. The summed E-state index contributed by atoms with van der Waals surface area (Å²) < 4.78 is 0. The van der Waals surface area contributed by atoms with Crippen molar-refractivity contribution in [3.63, 3.8) is 0 Å². The molecule has 62 heavy (non-hydrogen) atoms. The Morgan fingerprint density at radius 3 is 1.11 bits per heavy atom. The van der Waals surface area contributed by atoms with Crippen molar-refractivity contribution in [1.29, 1.82) is 0 Å². The molecular weight excluding hydrogens is 751 g/mol. The zero-order valence-electron chi connectivity index (χ0n) is 40.3. The van der Waals surface area contributed by atoms with E-state index < -0.39 is 0 Å². The second-order valence-corrected chi connectivity index (χ2v) is 26.9. The van der Waals surface area contributed by atoms with Gasteiger partial charge in [-0.15, -0.1) is 0 Å². The Balaban J connectivity index is 0.711. The Morgan fingerprint density at radius 1 is 0.226 bits per heavy atom. The maximum atomic E-state index is 4.51. The minimum Gasteiger partial charge on any atom is -0.311 e. The molecule has 0 aromatic carbocycles. The lowest BCUT2D eigenvalue weighted by Crippen LogP contribution is -2.60. The van der Waals surface area contributed by atoms with Crippen molar-refractivity contribution in [2.45, 2.75) is 286 Å². The van der Waals surface area contributed by atoms with Gasteiger partial charge >= 0.3 is 0 Å². The van der Waals surface area contributed by atoms with Crippen molar-refractivity contribution in [1.82, 2.24) is 15.1 Å². The fraction of sp³-hybridized carbons (Fsp3) is 1.00. The van der Waals surface area contributed by atoms with E-state index in [0.29, 0.717) is 0 Å². The van der Waals surface area contributed by atoms with Crippen LogP contribution in [0, 0.1) is 82.9 Å². The Hall–Kier alpha value is -0.120. The van der Waals surface area contributed by atoms with Crippen LogP contribution in [0.25, 0.3) is 0 Å². The number of nitrogens with zero attached hydrogens (tertiary/aromatic N) is 2. The van der Waals surface area contributed by atoms with Gasteiger partial charge in [-0.3, -0.25) is 9.80 Å². The summed E-state index contributed by atoms with van der Waals surface area (Å²) >= 11 is 0. The van der Waals surface area contributed by atoms with E-state index >= 15 is 0 Å². The molecule has 0 bridgehead atoms. The molecule has 3 aliphatic heterocycles. The van der Waals surface area contributed by atoms with Crippen molar-refractivity contribution in [2.75, 3.05) is 0 Å². The predicted molar refractivity (Wildman–Crippen MR) is 257 cm³/mol. The van der Waals surface area contributed by atoms with Gasteiger partial charge in [-0.2, -0.15) is 0 Å². The molecule has 13 rings (SSSR count). The van der Waals surface area contributed by atoms with E-state index in [1.54, 1.807) is 154 Å². The third-order valence-electron chi connectivity index (χ3n) is 24.8. The summed E-state index contributed by atoms with van der Waals surface area (Å²) in [6.07, 6.45) is 57.8. The molecule has 0 amide bonds. The molecule has 3 heterocycles. The molecule has 1 N–H and O–H groups in total. The quantitative estimate of drug-likeness (QED) is 0.297. The van der Waals surface area contributed by atoms with Gasteiger partial charge in [0, 0.05) is 48.3 Å². The summed E-state index contributed by atoms with van der Waals surface area (Å²) in [7, 11) is 0. The van der Waals surface area contributed by atoms with Crippen LogP contribution < -0.4 is 5.32 Å². The Bertz CT molecular complexity index is 1460. The zero-order chi connectivity index (χ0) is 40.7. The van der Waals surface area contributed by atoms with Crippen molar-refractivity contribution < 1.29 is 0 Å². The minimum atomic E-state index is 0.814. The molecule has 3 saturated heterocycles. The van der Waals surface area contributed by atoms with Crippen LogP contribution in [0.15, 0.2) is 0 Å². The summed E-state index contributed by atoms with van der Waals surface area (Å²) in [6, 6.07) is 7.26. The Kier molecular flexibility index (Phi) is 12.3. The zero-order valence-corrected chi connectivity index (χ0v) is 40.3.